The molecule has 0 amide bonds. The van der Waals surface area contributed by atoms with Gasteiger partial charge in [-0.05, 0) is 24.3 Å². The fourth-order valence-electron chi connectivity index (χ4n) is 1.25. The Morgan fingerprint density at radius 2 is 2.00 bits per heavy atom. The number of carboxylic acids is 1. The van der Waals surface area contributed by atoms with Crippen LogP contribution in [-0.4, -0.2) is 16.2 Å². The van der Waals surface area contributed by atoms with Gasteiger partial charge in [-0.2, -0.15) is 0 Å². The fourth-order valence-corrected chi connectivity index (χ4v) is 1.46. The van der Waals surface area contributed by atoms with Gasteiger partial charge in [0, 0.05) is 5.56 Å². The lowest BCUT2D eigenvalue weighted by atomic mass is 10.1. The SMILES string of the molecule is O=C(O)c1c(Cl)noc1-c1ccc(F)cc1. The first kappa shape index (κ1) is 10.6. The predicted octanol–water partition coefficient (Wildman–Crippen LogP) is 2.83. The molecule has 16 heavy (non-hydrogen) atoms. The van der Waals surface area contributed by atoms with Crippen molar-refractivity contribution in [1.29, 1.82) is 0 Å². The summed E-state index contributed by atoms with van der Waals surface area (Å²) in [6.07, 6.45) is 0. The normalized spacial score (nSPS) is 10.4. The number of aromatic nitrogens is 1. The van der Waals surface area contributed by atoms with Gasteiger partial charge in [0.1, 0.15) is 11.4 Å². The van der Waals surface area contributed by atoms with Crippen LogP contribution in [0.15, 0.2) is 28.8 Å². The van der Waals surface area contributed by atoms with E-state index in [4.69, 9.17) is 21.2 Å². The third kappa shape index (κ3) is 1.77. The van der Waals surface area contributed by atoms with E-state index in [1.54, 1.807) is 0 Å². The van der Waals surface area contributed by atoms with Crippen LogP contribution < -0.4 is 0 Å². The van der Waals surface area contributed by atoms with E-state index in [1.807, 2.05) is 0 Å². The van der Waals surface area contributed by atoms with Crippen LogP contribution in [0.5, 0.6) is 0 Å². The number of rotatable bonds is 2. The Morgan fingerprint density at radius 3 is 2.56 bits per heavy atom. The third-order valence-electron chi connectivity index (χ3n) is 1.97. The zero-order valence-corrected chi connectivity index (χ0v) is 8.53. The summed E-state index contributed by atoms with van der Waals surface area (Å²) in [6, 6.07) is 5.16. The van der Waals surface area contributed by atoms with Crippen molar-refractivity contribution in [2.24, 2.45) is 0 Å². The number of benzene rings is 1. The zero-order chi connectivity index (χ0) is 11.7. The molecule has 0 atom stereocenters. The minimum absolute atomic E-state index is 0.0116. The largest absolute Gasteiger partial charge is 0.477 e. The first-order valence-corrected chi connectivity index (χ1v) is 4.62. The van der Waals surface area contributed by atoms with Crippen LogP contribution in [0.3, 0.4) is 0 Å². The van der Waals surface area contributed by atoms with E-state index in [-0.39, 0.29) is 16.5 Å². The van der Waals surface area contributed by atoms with E-state index in [2.05, 4.69) is 5.16 Å². The lowest BCUT2D eigenvalue weighted by molar-refractivity contribution is 0.0697. The van der Waals surface area contributed by atoms with Crippen molar-refractivity contribution in [3.63, 3.8) is 0 Å². The second-order valence-electron chi connectivity index (χ2n) is 2.99. The Labute approximate surface area is 94.2 Å². The van der Waals surface area contributed by atoms with E-state index in [0.717, 1.165) is 0 Å². The van der Waals surface area contributed by atoms with E-state index < -0.39 is 11.8 Å². The molecule has 0 bridgehead atoms. The first-order valence-electron chi connectivity index (χ1n) is 4.24. The molecular weight excluding hydrogens is 237 g/mol. The summed E-state index contributed by atoms with van der Waals surface area (Å²) in [5.74, 6) is -1.66. The van der Waals surface area contributed by atoms with Crippen LogP contribution in [0, 0.1) is 5.82 Å². The summed E-state index contributed by atoms with van der Waals surface area (Å²) in [6.45, 7) is 0. The summed E-state index contributed by atoms with van der Waals surface area (Å²) in [5.41, 5.74) is 0.173. The summed E-state index contributed by atoms with van der Waals surface area (Å²) < 4.78 is 17.5. The predicted molar refractivity (Wildman–Crippen MR) is 53.9 cm³/mol. The Morgan fingerprint density at radius 1 is 1.38 bits per heavy atom. The third-order valence-corrected chi connectivity index (χ3v) is 2.23. The Bertz CT molecular complexity index is 535. The van der Waals surface area contributed by atoms with E-state index in [1.165, 1.54) is 24.3 Å². The molecule has 6 heteroatoms. The monoisotopic (exact) mass is 241 g/mol. The van der Waals surface area contributed by atoms with Gasteiger partial charge in [0.25, 0.3) is 0 Å². The van der Waals surface area contributed by atoms with Crippen molar-refractivity contribution in [2.75, 3.05) is 0 Å². The maximum atomic E-state index is 12.7. The molecule has 82 valence electrons. The highest BCUT2D eigenvalue weighted by Crippen LogP contribution is 2.28. The number of aromatic carboxylic acids is 1. The molecule has 0 spiro atoms. The van der Waals surface area contributed by atoms with Gasteiger partial charge in [-0.15, -0.1) is 0 Å². The van der Waals surface area contributed by atoms with Crippen LogP contribution in [0.25, 0.3) is 11.3 Å². The van der Waals surface area contributed by atoms with Gasteiger partial charge in [-0.1, -0.05) is 16.8 Å². The molecule has 4 nitrogen and oxygen atoms in total. The molecule has 0 aliphatic rings. The molecule has 1 aromatic heterocycles. The minimum Gasteiger partial charge on any atom is -0.477 e. The lowest BCUT2D eigenvalue weighted by Gasteiger charge is -1.97. The molecular formula is C10H5ClFNO3. The van der Waals surface area contributed by atoms with Crippen LogP contribution in [0.4, 0.5) is 4.39 Å². The number of carboxylic acid groups (broad SMARTS) is 1. The number of hydrogen-bond donors (Lipinski definition) is 1. The molecule has 0 aliphatic carbocycles. The summed E-state index contributed by atoms with van der Waals surface area (Å²) in [7, 11) is 0. The molecule has 0 fully saturated rings. The Balaban J connectivity index is 2.56. The van der Waals surface area contributed by atoms with Crippen molar-refractivity contribution in [2.45, 2.75) is 0 Å². The van der Waals surface area contributed by atoms with E-state index >= 15 is 0 Å². The molecule has 1 N–H and O–H groups in total. The average molecular weight is 242 g/mol. The van der Waals surface area contributed by atoms with Gasteiger partial charge in [0.15, 0.2) is 10.9 Å². The molecule has 2 aromatic rings. The maximum absolute atomic E-state index is 12.7. The summed E-state index contributed by atoms with van der Waals surface area (Å²) in [4.78, 5) is 10.9. The van der Waals surface area contributed by atoms with Crippen molar-refractivity contribution in [1.82, 2.24) is 5.16 Å². The van der Waals surface area contributed by atoms with Crippen LogP contribution in [-0.2, 0) is 0 Å². The highest BCUT2D eigenvalue weighted by Gasteiger charge is 2.22. The van der Waals surface area contributed by atoms with Crippen molar-refractivity contribution >= 4 is 17.6 Å². The van der Waals surface area contributed by atoms with Crippen molar-refractivity contribution in [3.8, 4) is 11.3 Å². The van der Waals surface area contributed by atoms with Gasteiger partial charge in [0.05, 0.1) is 0 Å². The second kappa shape index (κ2) is 3.94. The molecule has 0 unspecified atom stereocenters. The zero-order valence-electron chi connectivity index (χ0n) is 7.78. The van der Waals surface area contributed by atoms with Crippen molar-refractivity contribution < 1.29 is 18.8 Å². The molecule has 0 saturated heterocycles. The van der Waals surface area contributed by atoms with Crippen LogP contribution in [0.1, 0.15) is 10.4 Å². The minimum atomic E-state index is -1.24. The molecule has 0 saturated carbocycles. The Hall–Kier alpha value is -1.88. The quantitative estimate of drug-likeness (QED) is 0.878. The summed E-state index contributed by atoms with van der Waals surface area (Å²) in [5, 5.41) is 12.0. The van der Waals surface area contributed by atoms with Gasteiger partial charge in [0.2, 0.25) is 0 Å². The van der Waals surface area contributed by atoms with Gasteiger partial charge >= 0.3 is 5.97 Å². The Kier molecular flexibility index (Phi) is 2.62. The molecule has 2 rings (SSSR count). The molecule has 0 radical (unpaired) electrons. The molecule has 0 aliphatic heterocycles. The number of carbonyl (C=O) groups is 1. The molecule has 1 heterocycles. The lowest BCUT2D eigenvalue weighted by Crippen LogP contribution is -1.97. The van der Waals surface area contributed by atoms with Crippen LogP contribution in [0.2, 0.25) is 5.15 Å². The summed E-state index contributed by atoms with van der Waals surface area (Å²) >= 11 is 5.56. The van der Waals surface area contributed by atoms with Gasteiger partial charge < -0.3 is 9.63 Å². The van der Waals surface area contributed by atoms with Crippen LogP contribution >= 0.6 is 11.6 Å². The topological polar surface area (TPSA) is 63.3 Å². The average Bonchev–Trinajstić information content (AvgIpc) is 2.61. The highest BCUT2D eigenvalue weighted by atomic mass is 35.5. The maximum Gasteiger partial charge on any atom is 0.342 e. The second-order valence-corrected chi connectivity index (χ2v) is 3.35. The number of halogens is 2. The smallest absolute Gasteiger partial charge is 0.342 e. The van der Waals surface area contributed by atoms with Gasteiger partial charge in [-0.3, -0.25) is 0 Å². The van der Waals surface area contributed by atoms with E-state index in [0.29, 0.717) is 5.56 Å². The number of hydrogen-bond acceptors (Lipinski definition) is 3. The van der Waals surface area contributed by atoms with E-state index in [9.17, 15) is 9.18 Å². The number of nitrogens with zero attached hydrogens (tertiary/aromatic N) is 1. The van der Waals surface area contributed by atoms with Crippen molar-refractivity contribution in [3.05, 3.63) is 40.8 Å². The fraction of sp³-hybridized carbons (Fsp3) is 0. The molecule has 1 aromatic carbocycles. The highest BCUT2D eigenvalue weighted by molar-refractivity contribution is 6.32. The first-order chi connectivity index (χ1) is 7.59. The standard InChI is InChI=1S/C10H5ClFNO3/c11-9-7(10(14)15)8(16-13-9)5-1-3-6(12)4-2-5/h1-4H,(H,14,15). The van der Waals surface area contributed by atoms with Gasteiger partial charge in [-0.25, -0.2) is 9.18 Å².